The Morgan fingerprint density at radius 3 is 2.41 bits per heavy atom. The SMILES string of the molecule is NC1CCc2cc(N3CC(c4cc(Cl)cc(Cl)c4)(C(F)(F)F)OS3(=O)=O)ccc21. The molecule has 2 aromatic rings. The maximum Gasteiger partial charge on any atom is 0.425 e. The molecule has 5 nitrogen and oxygen atoms in total. The smallest absolute Gasteiger partial charge is 0.324 e. The van der Waals surface area contributed by atoms with Gasteiger partial charge < -0.3 is 5.73 Å². The number of fused-ring (bicyclic) bond motifs is 1. The van der Waals surface area contributed by atoms with Crippen LogP contribution in [0.4, 0.5) is 18.9 Å². The van der Waals surface area contributed by atoms with Crippen molar-refractivity contribution in [3.05, 3.63) is 63.1 Å². The van der Waals surface area contributed by atoms with Crippen molar-refractivity contribution in [2.24, 2.45) is 5.73 Å². The summed E-state index contributed by atoms with van der Waals surface area (Å²) >= 11 is 11.7. The van der Waals surface area contributed by atoms with Gasteiger partial charge in [0.2, 0.25) is 5.60 Å². The highest BCUT2D eigenvalue weighted by Crippen LogP contribution is 2.50. The second kappa shape index (κ2) is 6.75. The van der Waals surface area contributed by atoms with Crippen molar-refractivity contribution in [2.75, 3.05) is 10.8 Å². The first kappa shape index (κ1) is 20.7. The zero-order valence-electron chi connectivity index (χ0n) is 14.7. The molecular weight excluding hydrogens is 452 g/mol. The molecule has 0 radical (unpaired) electrons. The first-order chi connectivity index (χ1) is 13.4. The van der Waals surface area contributed by atoms with Gasteiger partial charge in [0, 0.05) is 16.1 Å². The first-order valence-electron chi connectivity index (χ1n) is 8.58. The molecule has 0 bridgehead atoms. The highest BCUT2D eigenvalue weighted by atomic mass is 35.5. The van der Waals surface area contributed by atoms with Crippen molar-refractivity contribution in [1.82, 2.24) is 0 Å². The standard InChI is InChI=1S/C18H15Cl2F3N2O3S/c19-12-6-11(7-13(20)8-12)17(18(21,22)23)9-25(29(26,27)28-17)14-2-3-15-10(5-14)1-4-16(15)24/h2-3,5-8,16H,1,4,9,24H2. The third-order valence-corrected chi connectivity index (χ3v) is 7.02. The lowest BCUT2D eigenvalue weighted by Crippen LogP contribution is -2.46. The molecule has 2 unspecified atom stereocenters. The minimum Gasteiger partial charge on any atom is -0.324 e. The van der Waals surface area contributed by atoms with E-state index in [4.69, 9.17) is 33.1 Å². The van der Waals surface area contributed by atoms with Crippen LogP contribution < -0.4 is 10.0 Å². The summed E-state index contributed by atoms with van der Waals surface area (Å²) in [6.45, 7) is -1.000. The van der Waals surface area contributed by atoms with Crippen molar-refractivity contribution in [3.63, 3.8) is 0 Å². The molecule has 11 heteroatoms. The van der Waals surface area contributed by atoms with Crippen molar-refractivity contribution in [3.8, 4) is 0 Å². The summed E-state index contributed by atoms with van der Waals surface area (Å²) in [5.74, 6) is 0. The predicted octanol–water partition coefficient (Wildman–Crippen LogP) is 4.48. The van der Waals surface area contributed by atoms with Gasteiger partial charge in [0.15, 0.2) is 0 Å². The van der Waals surface area contributed by atoms with Crippen molar-refractivity contribution < 1.29 is 25.8 Å². The average Bonchev–Trinajstić information content (AvgIpc) is 3.11. The van der Waals surface area contributed by atoms with Crippen molar-refractivity contribution in [2.45, 2.75) is 30.7 Å². The minimum absolute atomic E-state index is 0.0675. The number of aryl methyl sites for hydroxylation is 1. The summed E-state index contributed by atoms with van der Waals surface area (Å²) in [6.07, 6.45) is -3.75. The fraction of sp³-hybridized carbons (Fsp3) is 0.333. The number of alkyl halides is 3. The lowest BCUT2D eigenvalue weighted by atomic mass is 9.92. The van der Waals surface area contributed by atoms with Gasteiger partial charge >= 0.3 is 16.5 Å². The minimum atomic E-state index is -5.05. The van der Waals surface area contributed by atoms with Crippen LogP contribution >= 0.6 is 23.2 Å². The Bertz CT molecular complexity index is 1070. The van der Waals surface area contributed by atoms with Gasteiger partial charge in [-0.3, -0.25) is 0 Å². The molecule has 1 saturated heterocycles. The molecule has 156 valence electrons. The number of benzene rings is 2. The van der Waals surface area contributed by atoms with E-state index in [2.05, 4.69) is 0 Å². The normalized spacial score (nSPS) is 26.0. The summed E-state index contributed by atoms with van der Waals surface area (Å²) in [7, 11) is -4.74. The maximum atomic E-state index is 14.1. The molecule has 0 aromatic heterocycles. The van der Waals surface area contributed by atoms with Gasteiger partial charge in [0.25, 0.3) is 0 Å². The van der Waals surface area contributed by atoms with Gasteiger partial charge in [0.05, 0.1) is 12.2 Å². The zero-order chi connectivity index (χ0) is 21.2. The van der Waals surface area contributed by atoms with Gasteiger partial charge in [-0.25, -0.2) is 8.49 Å². The summed E-state index contributed by atoms with van der Waals surface area (Å²) < 4.78 is 73.1. The molecule has 1 heterocycles. The number of halogens is 5. The Labute approximate surface area is 175 Å². The van der Waals surface area contributed by atoms with Crippen LogP contribution in [0.15, 0.2) is 36.4 Å². The number of hydrogen-bond donors (Lipinski definition) is 1. The van der Waals surface area contributed by atoms with Crippen LogP contribution in [0.25, 0.3) is 0 Å². The Morgan fingerprint density at radius 1 is 1.14 bits per heavy atom. The van der Waals surface area contributed by atoms with Crippen molar-refractivity contribution in [1.29, 1.82) is 0 Å². The van der Waals surface area contributed by atoms with Gasteiger partial charge in [-0.05, 0) is 59.9 Å². The van der Waals surface area contributed by atoms with Crippen molar-refractivity contribution >= 4 is 39.2 Å². The third kappa shape index (κ3) is 3.38. The lowest BCUT2D eigenvalue weighted by molar-refractivity contribution is -0.243. The maximum absolute atomic E-state index is 14.1. The Balaban J connectivity index is 1.83. The van der Waals surface area contributed by atoms with Gasteiger partial charge in [-0.15, -0.1) is 0 Å². The Morgan fingerprint density at radius 2 is 1.79 bits per heavy atom. The molecule has 0 saturated carbocycles. The van der Waals surface area contributed by atoms with E-state index < -0.39 is 34.2 Å². The van der Waals surface area contributed by atoms with E-state index in [0.717, 1.165) is 23.3 Å². The van der Waals surface area contributed by atoms with Crippen LogP contribution in [-0.2, 0) is 26.5 Å². The molecule has 4 rings (SSSR count). The topological polar surface area (TPSA) is 72.6 Å². The molecule has 0 spiro atoms. The fourth-order valence-electron chi connectivity index (χ4n) is 3.77. The van der Waals surface area contributed by atoms with E-state index in [-0.39, 0.29) is 21.8 Å². The molecule has 2 atom stereocenters. The van der Waals surface area contributed by atoms with Gasteiger partial charge in [-0.2, -0.15) is 21.6 Å². The number of hydrogen-bond acceptors (Lipinski definition) is 4. The molecule has 1 aliphatic heterocycles. The molecule has 2 N–H and O–H groups in total. The van der Waals surface area contributed by atoms with Crippen LogP contribution in [0.1, 0.15) is 29.2 Å². The van der Waals surface area contributed by atoms with Crippen LogP contribution in [0.5, 0.6) is 0 Å². The third-order valence-electron chi connectivity index (χ3n) is 5.21. The van der Waals surface area contributed by atoms with E-state index in [0.29, 0.717) is 17.1 Å². The van der Waals surface area contributed by atoms with Gasteiger partial charge in [-0.1, -0.05) is 29.3 Å². The average molecular weight is 467 g/mol. The second-order valence-corrected chi connectivity index (χ2v) is 9.39. The fourth-order valence-corrected chi connectivity index (χ4v) is 5.70. The number of rotatable bonds is 2. The molecule has 1 fully saturated rings. The number of anilines is 1. The Kier molecular flexibility index (Phi) is 4.83. The Hall–Kier alpha value is -1.52. The highest BCUT2D eigenvalue weighted by molar-refractivity contribution is 7.88. The summed E-state index contributed by atoms with van der Waals surface area (Å²) in [4.78, 5) is 0. The summed E-state index contributed by atoms with van der Waals surface area (Å²) in [6, 6.07) is 7.70. The summed E-state index contributed by atoms with van der Waals surface area (Å²) in [5.41, 5.74) is 4.09. The first-order valence-corrected chi connectivity index (χ1v) is 10.7. The largest absolute Gasteiger partial charge is 0.425 e. The lowest BCUT2D eigenvalue weighted by Gasteiger charge is -2.29. The van der Waals surface area contributed by atoms with Crippen LogP contribution in [0, 0.1) is 0 Å². The van der Waals surface area contributed by atoms with Crippen LogP contribution in [0.2, 0.25) is 10.0 Å². The van der Waals surface area contributed by atoms with Crippen LogP contribution in [0.3, 0.4) is 0 Å². The molecular formula is C18H15Cl2F3N2O3S. The quantitative estimate of drug-likeness (QED) is 0.707. The van der Waals surface area contributed by atoms with E-state index >= 15 is 0 Å². The molecule has 2 aromatic carbocycles. The van der Waals surface area contributed by atoms with E-state index in [1.165, 1.54) is 12.1 Å². The van der Waals surface area contributed by atoms with E-state index in [1.807, 2.05) is 0 Å². The summed E-state index contributed by atoms with van der Waals surface area (Å²) in [5, 5.41) is -0.135. The molecule has 29 heavy (non-hydrogen) atoms. The van der Waals surface area contributed by atoms with Crippen LogP contribution in [-0.4, -0.2) is 21.1 Å². The zero-order valence-corrected chi connectivity index (χ0v) is 17.0. The second-order valence-electron chi connectivity index (χ2n) is 7.06. The number of nitrogens with zero attached hydrogens (tertiary/aromatic N) is 1. The molecule has 2 aliphatic rings. The van der Waals surface area contributed by atoms with E-state index in [9.17, 15) is 21.6 Å². The predicted molar refractivity (Wildman–Crippen MR) is 103 cm³/mol. The van der Waals surface area contributed by atoms with Gasteiger partial charge in [0.1, 0.15) is 0 Å². The molecule has 0 amide bonds. The highest BCUT2D eigenvalue weighted by Gasteiger charge is 2.66. The number of nitrogens with two attached hydrogens (primary N) is 1. The molecule has 1 aliphatic carbocycles. The van der Waals surface area contributed by atoms with E-state index in [1.54, 1.807) is 12.1 Å². The monoisotopic (exact) mass is 466 g/mol.